The van der Waals surface area contributed by atoms with E-state index in [1.165, 1.54) is 5.56 Å². The highest BCUT2D eigenvalue weighted by Gasteiger charge is 2.21. The Kier molecular flexibility index (Phi) is 4.70. The predicted molar refractivity (Wildman–Crippen MR) is 71.8 cm³/mol. The van der Waals surface area contributed by atoms with Crippen molar-refractivity contribution in [3.63, 3.8) is 0 Å². The SMILES string of the molecule is CNC(C)CC(C)(C)Cc1ccc(F)cc1C. The van der Waals surface area contributed by atoms with Gasteiger partial charge in [0.2, 0.25) is 0 Å². The van der Waals surface area contributed by atoms with Crippen molar-refractivity contribution in [1.82, 2.24) is 5.32 Å². The van der Waals surface area contributed by atoms with Gasteiger partial charge in [-0.2, -0.15) is 0 Å². The van der Waals surface area contributed by atoms with E-state index in [-0.39, 0.29) is 11.2 Å². The molecular formula is C15H24FN. The fourth-order valence-electron chi connectivity index (χ4n) is 2.38. The van der Waals surface area contributed by atoms with Gasteiger partial charge in [0.15, 0.2) is 0 Å². The first-order chi connectivity index (χ1) is 7.84. The predicted octanol–water partition coefficient (Wildman–Crippen LogP) is 3.70. The summed E-state index contributed by atoms with van der Waals surface area (Å²) in [5.74, 6) is -0.146. The molecule has 0 aliphatic rings. The molecular weight excluding hydrogens is 213 g/mol. The van der Waals surface area contributed by atoms with E-state index in [0.717, 1.165) is 18.4 Å². The molecule has 0 aromatic heterocycles. The quantitative estimate of drug-likeness (QED) is 0.823. The highest BCUT2D eigenvalue weighted by molar-refractivity contribution is 5.27. The maximum Gasteiger partial charge on any atom is 0.123 e. The molecule has 0 saturated heterocycles. The number of hydrogen-bond donors (Lipinski definition) is 1. The van der Waals surface area contributed by atoms with E-state index < -0.39 is 0 Å². The molecule has 1 nitrogen and oxygen atoms in total. The molecule has 0 saturated carbocycles. The van der Waals surface area contributed by atoms with Gasteiger partial charge in [-0.15, -0.1) is 0 Å². The second-order valence-corrected chi connectivity index (χ2v) is 5.81. The summed E-state index contributed by atoms with van der Waals surface area (Å²) >= 11 is 0. The molecule has 1 aromatic carbocycles. The zero-order valence-corrected chi connectivity index (χ0v) is 11.6. The lowest BCUT2D eigenvalue weighted by Crippen LogP contribution is -2.29. The van der Waals surface area contributed by atoms with E-state index in [4.69, 9.17) is 0 Å². The van der Waals surface area contributed by atoms with Gasteiger partial charge in [0.05, 0.1) is 0 Å². The Balaban J connectivity index is 2.75. The Bertz CT molecular complexity index is 371. The summed E-state index contributed by atoms with van der Waals surface area (Å²) in [6, 6.07) is 5.59. The Hall–Kier alpha value is -0.890. The van der Waals surface area contributed by atoms with E-state index in [0.29, 0.717) is 6.04 Å². The van der Waals surface area contributed by atoms with Gasteiger partial charge in [-0.1, -0.05) is 19.9 Å². The van der Waals surface area contributed by atoms with Crippen LogP contribution in [0.3, 0.4) is 0 Å². The van der Waals surface area contributed by atoms with Crippen molar-refractivity contribution in [2.75, 3.05) is 7.05 Å². The van der Waals surface area contributed by atoms with Crippen molar-refractivity contribution >= 4 is 0 Å². The number of rotatable bonds is 5. The van der Waals surface area contributed by atoms with E-state index >= 15 is 0 Å². The molecule has 0 heterocycles. The summed E-state index contributed by atoms with van der Waals surface area (Å²) in [7, 11) is 1.99. The van der Waals surface area contributed by atoms with Crippen LogP contribution in [0.5, 0.6) is 0 Å². The van der Waals surface area contributed by atoms with Crippen LogP contribution in [0, 0.1) is 18.2 Å². The van der Waals surface area contributed by atoms with Crippen LogP contribution < -0.4 is 5.32 Å². The van der Waals surface area contributed by atoms with E-state index in [9.17, 15) is 4.39 Å². The highest BCUT2D eigenvalue weighted by atomic mass is 19.1. The van der Waals surface area contributed by atoms with Crippen LogP contribution in [0.2, 0.25) is 0 Å². The number of hydrogen-bond acceptors (Lipinski definition) is 1. The molecule has 0 amide bonds. The third-order valence-corrected chi connectivity index (χ3v) is 3.33. The molecule has 1 atom stereocenters. The molecule has 1 unspecified atom stereocenters. The minimum Gasteiger partial charge on any atom is -0.317 e. The number of halogens is 1. The van der Waals surface area contributed by atoms with Gasteiger partial charge in [0.1, 0.15) is 5.82 Å². The van der Waals surface area contributed by atoms with Crippen molar-refractivity contribution in [1.29, 1.82) is 0 Å². The van der Waals surface area contributed by atoms with Crippen LogP contribution >= 0.6 is 0 Å². The fourth-order valence-corrected chi connectivity index (χ4v) is 2.38. The van der Waals surface area contributed by atoms with Crippen LogP contribution in [0.1, 0.15) is 38.3 Å². The first-order valence-corrected chi connectivity index (χ1v) is 6.26. The van der Waals surface area contributed by atoms with Gasteiger partial charge in [-0.05, 0) is 62.4 Å². The normalized spacial score (nSPS) is 13.8. The maximum atomic E-state index is 13.0. The lowest BCUT2D eigenvalue weighted by molar-refractivity contribution is 0.293. The maximum absolute atomic E-state index is 13.0. The van der Waals surface area contributed by atoms with E-state index in [2.05, 4.69) is 26.1 Å². The molecule has 0 aliphatic carbocycles. The molecule has 2 heteroatoms. The van der Waals surface area contributed by atoms with Gasteiger partial charge >= 0.3 is 0 Å². The molecule has 0 aliphatic heterocycles. The first kappa shape index (κ1) is 14.2. The van der Waals surface area contributed by atoms with Crippen molar-refractivity contribution in [3.05, 3.63) is 35.1 Å². The Morgan fingerprint density at radius 1 is 1.35 bits per heavy atom. The second kappa shape index (κ2) is 5.63. The zero-order chi connectivity index (χ0) is 13.1. The first-order valence-electron chi connectivity index (χ1n) is 6.26. The third kappa shape index (κ3) is 4.47. The molecule has 1 rings (SSSR count). The summed E-state index contributed by atoms with van der Waals surface area (Å²) < 4.78 is 13.0. The molecule has 1 aromatic rings. The molecule has 0 fully saturated rings. The highest BCUT2D eigenvalue weighted by Crippen LogP contribution is 2.28. The van der Waals surface area contributed by atoms with Crippen LogP contribution in [-0.2, 0) is 6.42 Å². The second-order valence-electron chi connectivity index (χ2n) is 5.81. The standard InChI is InChI=1S/C15H24FN/c1-11-8-14(16)7-6-13(11)10-15(3,4)9-12(2)17-5/h6-8,12,17H,9-10H2,1-5H3. The average molecular weight is 237 g/mol. The average Bonchev–Trinajstić information content (AvgIpc) is 2.21. The molecule has 0 spiro atoms. The van der Waals surface area contributed by atoms with Crippen molar-refractivity contribution in [3.8, 4) is 0 Å². The minimum atomic E-state index is -0.146. The van der Waals surface area contributed by atoms with Crippen molar-refractivity contribution in [2.45, 2.75) is 46.6 Å². The number of aryl methyl sites for hydroxylation is 1. The van der Waals surface area contributed by atoms with Crippen LogP contribution in [0.25, 0.3) is 0 Å². The third-order valence-electron chi connectivity index (χ3n) is 3.33. The van der Waals surface area contributed by atoms with Gasteiger partial charge in [0, 0.05) is 6.04 Å². The van der Waals surface area contributed by atoms with Gasteiger partial charge in [-0.3, -0.25) is 0 Å². The smallest absolute Gasteiger partial charge is 0.123 e. The van der Waals surface area contributed by atoms with Crippen molar-refractivity contribution < 1.29 is 4.39 Å². The zero-order valence-electron chi connectivity index (χ0n) is 11.6. The topological polar surface area (TPSA) is 12.0 Å². The lowest BCUT2D eigenvalue weighted by Gasteiger charge is -2.28. The summed E-state index contributed by atoms with van der Waals surface area (Å²) in [5.41, 5.74) is 2.53. The molecule has 0 radical (unpaired) electrons. The van der Waals surface area contributed by atoms with Crippen molar-refractivity contribution in [2.24, 2.45) is 5.41 Å². The summed E-state index contributed by atoms with van der Waals surface area (Å²) in [5, 5.41) is 3.27. The fraction of sp³-hybridized carbons (Fsp3) is 0.600. The van der Waals surface area contributed by atoms with Crippen LogP contribution in [0.4, 0.5) is 4.39 Å². The molecule has 0 bridgehead atoms. The molecule has 17 heavy (non-hydrogen) atoms. The van der Waals surface area contributed by atoms with Crippen LogP contribution in [-0.4, -0.2) is 13.1 Å². The summed E-state index contributed by atoms with van der Waals surface area (Å²) in [6.45, 7) is 8.71. The number of benzene rings is 1. The Morgan fingerprint density at radius 2 is 2.00 bits per heavy atom. The lowest BCUT2D eigenvalue weighted by atomic mass is 9.79. The largest absolute Gasteiger partial charge is 0.317 e. The minimum absolute atomic E-state index is 0.146. The monoisotopic (exact) mass is 237 g/mol. The Morgan fingerprint density at radius 3 is 2.53 bits per heavy atom. The summed E-state index contributed by atoms with van der Waals surface area (Å²) in [6.07, 6.45) is 2.10. The summed E-state index contributed by atoms with van der Waals surface area (Å²) in [4.78, 5) is 0. The van der Waals surface area contributed by atoms with E-state index in [1.807, 2.05) is 20.0 Å². The Labute approximate surface area is 104 Å². The van der Waals surface area contributed by atoms with Gasteiger partial charge in [0.25, 0.3) is 0 Å². The van der Waals surface area contributed by atoms with Crippen LogP contribution in [0.15, 0.2) is 18.2 Å². The molecule has 96 valence electrons. The molecule has 1 N–H and O–H groups in total. The van der Waals surface area contributed by atoms with E-state index in [1.54, 1.807) is 12.1 Å². The van der Waals surface area contributed by atoms with Gasteiger partial charge < -0.3 is 5.32 Å². The number of nitrogens with one attached hydrogen (secondary N) is 1. The van der Waals surface area contributed by atoms with Gasteiger partial charge in [-0.25, -0.2) is 4.39 Å².